The molecule has 8 heteroatoms. The Labute approximate surface area is 154 Å². The lowest BCUT2D eigenvalue weighted by Crippen LogP contribution is -2.54. The lowest BCUT2D eigenvalue weighted by atomic mass is 9.87. The molecule has 132 valence electrons. The second-order valence-electron chi connectivity index (χ2n) is 5.72. The van der Waals surface area contributed by atoms with Crippen molar-refractivity contribution < 1.29 is 4.79 Å². The fourth-order valence-corrected chi connectivity index (χ4v) is 2.87. The number of aryl methyl sites for hydroxylation is 1. The number of rotatable bonds is 4. The van der Waals surface area contributed by atoms with Gasteiger partial charge in [-0.25, -0.2) is 0 Å². The zero-order valence-electron chi connectivity index (χ0n) is 13.6. The van der Waals surface area contributed by atoms with E-state index in [9.17, 15) is 4.79 Å². The van der Waals surface area contributed by atoms with E-state index in [4.69, 9.17) is 0 Å². The molecule has 2 aromatic heterocycles. The Morgan fingerprint density at radius 1 is 1.33 bits per heavy atom. The lowest BCUT2D eigenvalue weighted by Gasteiger charge is -2.36. The molecule has 0 atom stereocenters. The smallest absolute Gasteiger partial charge is 0.248 e. The zero-order chi connectivity index (χ0) is 15.4. The molecule has 1 fully saturated rings. The monoisotopic (exact) mass is 371 g/mol. The minimum absolute atomic E-state index is 0. The molecule has 1 aliphatic heterocycles. The molecule has 0 saturated carbocycles. The van der Waals surface area contributed by atoms with Gasteiger partial charge >= 0.3 is 0 Å². The van der Waals surface area contributed by atoms with Crippen LogP contribution in [0.2, 0.25) is 0 Å². The maximum Gasteiger partial charge on any atom is 0.248 e. The first-order valence-corrected chi connectivity index (χ1v) is 7.61. The van der Waals surface area contributed by atoms with Crippen molar-refractivity contribution in [2.75, 3.05) is 13.1 Å². The van der Waals surface area contributed by atoms with Gasteiger partial charge in [0.1, 0.15) is 5.54 Å². The molecule has 0 unspecified atom stereocenters. The van der Waals surface area contributed by atoms with Crippen LogP contribution >= 0.6 is 24.8 Å². The highest BCUT2D eigenvalue weighted by Gasteiger charge is 2.41. The van der Waals surface area contributed by atoms with Crippen LogP contribution in [0.15, 0.2) is 36.8 Å². The van der Waals surface area contributed by atoms with Gasteiger partial charge in [0, 0.05) is 30.8 Å². The first kappa shape index (κ1) is 20.4. The molecule has 1 saturated heterocycles. The number of piperidine rings is 1. The quantitative estimate of drug-likeness (QED) is 0.859. The van der Waals surface area contributed by atoms with E-state index in [2.05, 4.69) is 20.7 Å². The standard InChI is InChI=1S/C16H21N5O.2ClH/c1-13-3-4-14(11-18-13)12-19-15(22)16(5-8-17-9-6-16)21-10-2-7-20-21;;/h2-4,7,10-11,17H,5-6,8-9,12H2,1H3,(H,19,22);2*1H. The topological polar surface area (TPSA) is 71.8 Å². The summed E-state index contributed by atoms with van der Waals surface area (Å²) in [4.78, 5) is 17.1. The lowest BCUT2D eigenvalue weighted by molar-refractivity contribution is -0.132. The summed E-state index contributed by atoms with van der Waals surface area (Å²) in [5.74, 6) is 0.0262. The fraction of sp³-hybridized carbons (Fsp3) is 0.438. The van der Waals surface area contributed by atoms with Gasteiger partial charge in [-0.05, 0) is 50.6 Å². The van der Waals surface area contributed by atoms with Crippen LogP contribution in [0.25, 0.3) is 0 Å². The molecule has 2 aromatic rings. The normalized spacial score (nSPS) is 15.7. The highest BCUT2D eigenvalue weighted by molar-refractivity contribution is 5.85. The summed E-state index contributed by atoms with van der Waals surface area (Å²) in [5, 5.41) is 10.7. The van der Waals surface area contributed by atoms with Crippen LogP contribution in [0.5, 0.6) is 0 Å². The summed E-state index contributed by atoms with van der Waals surface area (Å²) in [6, 6.07) is 5.81. The number of aromatic nitrogens is 3. The van der Waals surface area contributed by atoms with Gasteiger partial charge in [0.25, 0.3) is 0 Å². The van der Waals surface area contributed by atoms with Gasteiger partial charge in [-0.15, -0.1) is 24.8 Å². The highest BCUT2D eigenvalue weighted by atomic mass is 35.5. The average Bonchev–Trinajstić information content (AvgIpc) is 3.09. The van der Waals surface area contributed by atoms with E-state index in [1.54, 1.807) is 17.1 Å². The van der Waals surface area contributed by atoms with Gasteiger partial charge in [-0.3, -0.25) is 14.5 Å². The molecule has 0 aromatic carbocycles. The fourth-order valence-electron chi connectivity index (χ4n) is 2.87. The molecule has 24 heavy (non-hydrogen) atoms. The van der Waals surface area contributed by atoms with Gasteiger partial charge in [-0.1, -0.05) is 6.07 Å². The van der Waals surface area contributed by atoms with Crippen molar-refractivity contribution in [2.24, 2.45) is 0 Å². The number of amides is 1. The number of pyridine rings is 1. The summed E-state index contributed by atoms with van der Waals surface area (Å²) in [6.45, 7) is 4.07. The molecular weight excluding hydrogens is 349 g/mol. The van der Waals surface area contributed by atoms with Crippen LogP contribution < -0.4 is 10.6 Å². The molecule has 3 rings (SSSR count). The first-order valence-electron chi connectivity index (χ1n) is 7.61. The molecule has 2 N–H and O–H groups in total. The third kappa shape index (κ3) is 4.26. The predicted molar refractivity (Wildman–Crippen MR) is 97.6 cm³/mol. The van der Waals surface area contributed by atoms with Crippen molar-refractivity contribution in [3.8, 4) is 0 Å². The Morgan fingerprint density at radius 3 is 2.67 bits per heavy atom. The van der Waals surface area contributed by atoms with E-state index in [1.807, 2.05) is 31.3 Å². The minimum atomic E-state index is -0.590. The van der Waals surface area contributed by atoms with E-state index in [0.29, 0.717) is 6.54 Å². The third-order valence-corrected chi connectivity index (χ3v) is 4.22. The molecule has 0 bridgehead atoms. The van der Waals surface area contributed by atoms with Crippen LogP contribution in [0.4, 0.5) is 0 Å². The van der Waals surface area contributed by atoms with Crippen molar-refractivity contribution in [3.05, 3.63) is 48.0 Å². The Hall–Kier alpha value is -1.63. The van der Waals surface area contributed by atoms with Gasteiger partial charge in [0.05, 0.1) is 0 Å². The van der Waals surface area contributed by atoms with Gasteiger partial charge < -0.3 is 10.6 Å². The van der Waals surface area contributed by atoms with E-state index in [-0.39, 0.29) is 30.7 Å². The summed E-state index contributed by atoms with van der Waals surface area (Å²) < 4.78 is 1.80. The average molecular weight is 372 g/mol. The second-order valence-corrected chi connectivity index (χ2v) is 5.72. The summed E-state index contributed by atoms with van der Waals surface area (Å²) >= 11 is 0. The zero-order valence-corrected chi connectivity index (χ0v) is 15.2. The molecule has 0 spiro atoms. The molecule has 1 aliphatic rings. The Morgan fingerprint density at radius 2 is 2.08 bits per heavy atom. The van der Waals surface area contributed by atoms with Crippen molar-refractivity contribution in [2.45, 2.75) is 31.8 Å². The van der Waals surface area contributed by atoms with Crippen molar-refractivity contribution in [3.63, 3.8) is 0 Å². The summed E-state index contributed by atoms with van der Waals surface area (Å²) in [5.41, 5.74) is 1.39. The number of carbonyl (C=O) groups is 1. The molecule has 1 amide bonds. The van der Waals surface area contributed by atoms with Crippen LogP contribution in [0.3, 0.4) is 0 Å². The number of hydrogen-bond donors (Lipinski definition) is 2. The Bertz CT molecular complexity index is 624. The molecule has 0 radical (unpaired) electrons. The third-order valence-electron chi connectivity index (χ3n) is 4.22. The van der Waals surface area contributed by atoms with Crippen LogP contribution in [0, 0.1) is 6.92 Å². The summed E-state index contributed by atoms with van der Waals surface area (Å²) in [6.07, 6.45) is 6.89. The Kier molecular flexibility index (Phi) is 7.66. The molecule has 6 nitrogen and oxygen atoms in total. The maximum atomic E-state index is 12.8. The van der Waals surface area contributed by atoms with Crippen LogP contribution in [0.1, 0.15) is 24.1 Å². The first-order chi connectivity index (χ1) is 10.7. The number of carbonyl (C=O) groups excluding carboxylic acids is 1. The van der Waals surface area contributed by atoms with Crippen molar-refractivity contribution >= 4 is 30.7 Å². The number of halogens is 2. The summed E-state index contributed by atoms with van der Waals surface area (Å²) in [7, 11) is 0. The molecule has 0 aliphatic carbocycles. The molecular formula is C16H23Cl2N5O. The number of hydrogen-bond acceptors (Lipinski definition) is 4. The van der Waals surface area contributed by atoms with E-state index in [1.165, 1.54) is 0 Å². The second kappa shape index (κ2) is 9.01. The van der Waals surface area contributed by atoms with E-state index >= 15 is 0 Å². The minimum Gasteiger partial charge on any atom is -0.350 e. The van der Waals surface area contributed by atoms with Crippen molar-refractivity contribution in [1.82, 2.24) is 25.4 Å². The predicted octanol–water partition coefficient (Wildman–Crippen LogP) is 1.83. The SMILES string of the molecule is Cc1ccc(CNC(=O)C2(n3cccn3)CCNCC2)cn1.Cl.Cl. The maximum absolute atomic E-state index is 12.8. The highest BCUT2D eigenvalue weighted by Crippen LogP contribution is 2.27. The Balaban J connectivity index is 0.00000144. The van der Waals surface area contributed by atoms with Gasteiger partial charge in [0.2, 0.25) is 5.91 Å². The van der Waals surface area contributed by atoms with E-state index < -0.39 is 5.54 Å². The van der Waals surface area contributed by atoms with E-state index in [0.717, 1.165) is 37.2 Å². The van der Waals surface area contributed by atoms with Crippen LogP contribution in [-0.4, -0.2) is 33.8 Å². The van der Waals surface area contributed by atoms with Gasteiger partial charge in [-0.2, -0.15) is 5.10 Å². The van der Waals surface area contributed by atoms with Gasteiger partial charge in [0.15, 0.2) is 0 Å². The molecule has 3 heterocycles. The van der Waals surface area contributed by atoms with Crippen molar-refractivity contribution in [1.29, 1.82) is 0 Å². The number of nitrogens with one attached hydrogen (secondary N) is 2. The number of nitrogens with zero attached hydrogens (tertiary/aromatic N) is 3. The largest absolute Gasteiger partial charge is 0.350 e. The van der Waals surface area contributed by atoms with Crippen LogP contribution in [-0.2, 0) is 16.9 Å².